The maximum atomic E-state index is 12.5. The summed E-state index contributed by atoms with van der Waals surface area (Å²) in [5.74, 6) is -0.598. The van der Waals surface area contributed by atoms with Gasteiger partial charge in [-0.05, 0) is 64.2 Å². The molecular weight excluding hydrogens is 731 g/mol. The zero-order valence-electron chi connectivity index (χ0n) is 39.3. The van der Waals surface area contributed by atoms with Crippen LogP contribution >= 0.6 is 0 Å². The number of amides is 1. The first kappa shape index (κ1) is 57.5. The molecule has 0 aromatic heterocycles. The summed E-state index contributed by atoms with van der Waals surface area (Å²) in [5.41, 5.74) is 0. The van der Waals surface area contributed by atoms with Crippen LogP contribution in [0, 0.1) is 0 Å². The molecule has 5 N–H and O–H groups in total. The van der Waals surface area contributed by atoms with E-state index in [1.165, 1.54) is 180 Å². The fraction of sp³-hybridized carbons (Fsp3) is 0.868. The molecule has 0 bridgehead atoms. The average molecular weight is 832 g/mol. The van der Waals surface area contributed by atoms with Crippen molar-refractivity contribution in [3.05, 3.63) is 36.5 Å². The summed E-state index contributed by atoms with van der Waals surface area (Å²) in [7, 11) is 0. The van der Waals surface area contributed by atoms with Crippen LogP contribution in [0.2, 0.25) is 0 Å². The Morgan fingerprint density at radius 1 is 0.407 bits per heavy atom. The lowest BCUT2D eigenvalue weighted by Crippen LogP contribution is -2.53. The van der Waals surface area contributed by atoms with Crippen molar-refractivity contribution < 1.29 is 25.2 Å². The Hall–Kier alpha value is -1.47. The molecule has 0 aromatic rings. The molecule has 0 aliphatic rings. The fourth-order valence-corrected chi connectivity index (χ4v) is 7.97. The molecule has 59 heavy (non-hydrogen) atoms. The van der Waals surface area contributed by atoms with Crippen LogP contribution in [0.4, 0.5) is 0 Å². The molecule has 348 valence electrons. The number of allylic oxidation sites excluding steroid dienone is 6. The standard InChI is InChI=1S/C53H101NO5/c1-3-5-7-9-11-13-15-17-19-20-21-22-23-24-25-26-27-28-29-30-31-33-34-36-38-40-42-44-46-50(56)52(58)49(48-55)54-53(59)51(57)47-45-43-41-39-37-35-32-18-16-14-12-10-8-6-4-2/h27-28,31,33,38,40,49-52,55-58H,3-26,29-30,32,34-37,39,41-48H2,1-2H3,(H,54,59)/b28-27+,33-31+,40-38+. The highest BCUT2D eigenvalue weighted by molar-refractivity contribution is 5.80. The Morgan fingerprint density at radius 3 is 1.07 bits per heavy atom. The number of nitrogens with one attached hydrogen (secondary N) is 1. The zero-order chi connectivity index (χ0) is 43.1. The Balaban J connectivity index is 3.72. The molecule has 0 aromatic carbocycles. The number of aliphatic hydroxyl groups is 4. The monoisotopic (exact) mass is 832 g/mol. The summed E-state index contributed by atoms with van der Waals surface area (Å²) < 4.78 is 0. The van der Waals surface area contributed by atoms with Crippen LogP contribution in [0.25, 0.3) is 0 Å². The first-order chi connectivity index (χ1) is 29.0. The molecular formula is C53H101NO5. The predicted octanol–water partition coefficient (Wildman–Crippen LogP) is 14.5. The van der Waals surface area contributed by atoms with Crippen LogP contribution in [0.3, 0.4) is 0 Å². The van der Waals surface area contributed by atoms with Crippen molar-refractivity contribution in [1.82, 2.24) is 5.32 Å². The number of carbonyl (C=O) groups excluding carboxylic acids is 1. The second kappa shape index (κ2) is 47.6. The largest absolute Gasteiger partial charge is 0.394 e. The molecule has 1 amide bonds. The minimum atomic E-state index is -1.29. The van der Waals surface area contributed by atoms with Crippen molar-refractivity contribution in [2.75, 3.05) is 6.61 Å². The van der Waals surface area contributed by atoms with Gasteiger partial charge in [-0.15, -0.1) is 0 Å². The van der Waals surface area contributed by atoms with Gasteiger partial charge in [0.1, 0.15) is 12.2 Å². The topological polar surface area (TPSA) is 110 Å². The van der Waals surface area contributed by atoms with E-state index in [-0.39, 0.29) is 0 Å². The SMILES string of the molecule is CCCCCCCCCCCCCCCCC/C=C/CC/C=C/CC/C=C/CCCC(O)C(O)C(CO)NC(=O)C(O)CCCCCCCCCCCCCCCCC. The highest BCUT2D eigenvalue weighted by Crippen LogP contribution is 2.16. The third-order valence-corrected chi connectivity index (χ3v) is 12.1. The number of unbranched alkanes of at least 4 members (excludes halogenated alkanes) is 32. The molecule has 0 rings (SSSR count). The Bertz CT molecular complexity index is 935. The Kier molecular flexibility index (Phi) is 46.4. The van der Waals surface area contributed by atoms with E-state index in [2.05, 4.69) is 55.6 Å². The van der Waals surface area contributed by atoms with Crippen LogP contribution < -0.4 is 5.32 Å². The Morgan fingerprint density at radius 2 is 0.712 bits per heavy atom. The summed E-state index contributed by atoms with van der Waals surface area (Å²) in [5, 5.41) is 43.8. The maximum Gasteiger partial charge on any atom is 0.249 e. The lowest BCUT2D eigenvalue weighted by molar-refractivity contribution is -0.132. The number of rotatable bonds is 47. The molecule has 4 unspecified atom stereocenters. The molecule has 0 heterocycles. The van der Waals surface area contributed by atoms with E-state index < -0.39 is 36.9 Å². The first-order valence-corrected chi connectivity index (χ1v) is 25.9. The van der Waals surface area contributed by atoms with Crippen LogP contribution in [-0.4, -0.2) is 57.3 Å². The Labute approximate surface area is 367 Å². The van der Waals surface area contributed by atoms with Crippen molar-refractivity contribution in [1.29, 1.82) is 0 Å². The van der Waals surface area contributed by atoms with Gasteiger partial charge in [0.15, 0.2) is 0 Å². The zero-order valence-corrected chi connectivity index (χ0v) is 39.3. The fourth-order valence-electron chi connectivity index (χ4n) is 7.97. The lowest BCUT2D eigenvalue weighted by Gasteiger charge is -2.27. The van der Waals surface area contributed by atoms with Gasteiger partial charge in [-0.25, -0.2) is 0 Å². The molecule has 0 saturated carbocycles. The van der Waals surface area contributed by atoms with Gasteiger partial charge >= 0.3 is 0 Å². The summed E-state index contributed by atoms with van der Waals surface area (Å²) in [6, 6.07) is -1.01. The lowest BCUT2D eigenvalue weighted by atomic mass is 10.00. The van der Waals surface area contributed by atoms with Crippen LogP contribution in [0.5, 0.6) is 0 Å². The smallest absolute Gasteiger partial charge is 0.249 e. The van der Waals surface area contributed by atoms with E-state index in [1.54, 1.807) is 0 Å². The van der Waals surface area contributed by atoms with Crippen molar-refractivity contribution in [2.45, 2.75) is 289 Å². The summed E-state index contributed by atoms with van der Waals surface area (Å²) in [6.45, 7) is 4.05. The van der Waals surface area contributed by atoms with Gasteiger partial charge in [-0.2, -0.15) is 0 Å². The van der Waals surface area contributed by atoms with E-state index in [9.17, 15) is 25.2 Å². The van der Waals surface area contributed by atoms with E-state index in [0.717, 1.165) is 51.4 Å². The van der Waals surface area contributed by atoms with Crippen LogP contribution in [-0.2, 0) is 4.79 Å². The van der Waals surface area contributed by atoms with Gasteiger partial charge < -0.3 is 25.7 Å². The van der Waals surface area contributed by atoms with E-state index in [4.69, 9.17) is 0 Å². The summed E-state index contributed by atoms with van der Waals surface area (Å²) in [4.78, 5) is 12.5. The van der Waals surface area contributed by atoms with E-state index in [0.29, 0.717) is 19.3 Å². The van der Waals surface area contributed by atoms with Crippen molar-refractivity contribution in [3.63, 3.8) is 0 Å². The molecule has 0 saturated heterocycles. The van der Waals surface area contributed by atoms with Gasteiger partial charge in [0.05, 0.1) is 18.8 Å². The number of hydrogen-bond donors (Lipinski definition) is 5. The van der Waals surface area contributed by atoms with Gasteiger partial charge in [0.2, 0.25) is 5.91 Å². The first-order valence-electron chi connectivity index (χ1n) is 25.9. The number of aliphatic hydroxyl groups excluding tert-OH is 4. The quantitative estimate of drug-likeness (QED) is 0.0310. The third kappa shape index (κ3) is 41.6. The number of carbonyl (C=O) groups is 1. The molecule has 6 heteroatoms. The molecule has 6 nitrogen and oxygen atoms in total. The summed E-state index contributed by atoms with van der Waals surface area (Å²) >= 11 is 0. The second-order valence-corrected chi connectivity index (χ2v) is 17.8. The van der Waals surface area contributed by atoms with Gasteiger partial charge in [-0.1, -0.05) is 237 Å². The number of hydrogen-bond acceptors (Lipinski definition) is 5. The van der Waals surface area contributed by atoms with Crippen molar-refractivity contribution in [3.8, 4) is 0 Å². The molecule has 0 radical (unpaired) electrons. The van der Waals surface area contributed by atoms with Crippen LogP contribution in [0.1, 0.15) is 264 Å². The molecule has 4 atom stereocenters. The highest BCUT2D eigenvalue weighted by Gasteiger charge is 2.28. The average Bonchev–Trinajstić information content (AvgIpc) is 3.24. The summed E-state index contributed by atoms with van der Waals surface area (Å²) in [6.07, 6.45) is 57.7. The van der Waals surface area contributed by atoms with Crippen molar-refractivity contribution >= 4 is 5.91 Å². The van der Waals surface area contributed by atoms with Gasteiger partial charge in [-0.3, -0.25) is 4.79 Å². The minimum absolute atomic E-state index is 0.361. The molecule has 0 aliphatic carbocycles. The normalized spacial score (nSPS) is 14.2. The van der Waals surface area contributed by atoms with Gasteiger partial charge in [0, 0.05) is 0 Å². The third-order valence-electron chi connectivity index (χ3n) is 12.1. The minimum Gasteiger partial charge on any atom is -0.394 e. The predicted molar refractivity (Wildman–Crippen MR) is 256 cm³/mol. The highest BCUT2D eigenvalue weighted by atomic mass is 16.3. The molecule has 0 aliphatic heterocycles. The van der Waals surface area contributed by atoms with E-state index in [1.807, 2.05) is 0 Å². The van der Waals surface area contributed by atoms with Crippen LogP contribution in [0.15, 0.2) is 36.5 Å². The molecule has 0 fully saturated rings. The maximum absolute atomic E-state index is 12.5. The molecule has 0 spiro atoms. The van der Waals surface area contributed by atoms with Crippen molar-refractivity contribution in [2.24, 2.45) is 0 Å². The van der Waals surface area contributed by atoms with E-state index >= 15 is 0 Å². The second-order valence-electron chi connectivity index (χ2n) is 17.8. The van der Waals surface area contributed by atoms with Gasteiger partial charge in [0.25, 0.3) is 0 Å².